The summed E-state index contributed by atoms with van der Waals surface area (Å²) in [6.45, 7) is 3.98. The van der Waals surface area contributed by atoms with Gasteiger partial charge in [-0.15, -0.1) is 0 Å². The van der Waals surface area contributed by atoms with Gasteiger partial charge in [0.1, 0.15) is 5.69 Å². The maximum Gasteiger partial charge on any atom is 0.336 e. The van der Waals surface area contributed by atoms with Crippen molar-refractivity contribution in [3.8, 4) is 0 Å². The molecule has 1 aromatic heterocycles. The van der Waals surface area contributed by atoms with E-state index in [0.717, 1.165) is 5.52 Å². The fraction of sp³-hybridized carbons (Fsp3) is 0.429. The molecule has 0 aliphatic heterocycles. The highest BCUT2D eigenvalue weighted by molar-refractivity contribution is 7.53. The highest BCUT2D eigenvalue weighted by Crippen LogP contribution is 2.50. The summed E-state index contributed by atoms with van der Waals surface area (Å²) in [6.07, 6.45) is -0.119. The summed E-state index contributed by atoms with van der Waals surface area (Å²) in [7, 11) is -1.67. The van der Waals surface area contributed by atoms with Gasteiger partial charge in [-0.05, 0) is 26.0 Å². The fourth-order valence-electron chi connectivity index (χ4n) is 2.15. The summed E-state index contributed by atoms with van der Waals surface area (Å²) in [5.41, 5.74) is 1.32. The Morgan fingerprint density at radius 1 is 1.19 bits per heavy atom. The molecule has 0 spiro atoms. The van der Waals surface area contributed by atoms with Crippen molar-refractivity contribution in [3.05, 3.63) is 40.3 Å². The molecule has 0 aliphatic carbocycles. The zero-order valence-electron chi connectivity index (χ0n) is 12.4. The number of benzene rings is 1. The number of para-hydroxylation sites is 2. The van der Waals surface area contributed by atoms with Gasteiger partial charge in [0.05, 0.1) is 30.4 Å². The van der Waals surface area contributed by atoms with Gasteiger partial charge < -0.3 is 13.6 Å². The molecule has 7 heteroatoms. The Morgan fingerprint density at radius 2 is 1.81 bits per heavy atom. The van der Waals surface area contributed by atoms with Crippen LogP contribution in [0, 0.1) is 0 Å². The van der Waals surface area contributed by atoms with Crippen LogP contribution < -0.4 is 5.56 Å². The van der Waals surface area contributed by atoms with Crippen molar-refractivity contribution in [2.24, 2.45) is 7.05 Å². The Labute approximate surface area is 123 Å². The number of aryl methyl sites for hydroxylation is 1. The predicted molar refractivity (Wildman–Crippen MR) is 81.5 cm³/mol. The second-order valence-corrected chi connectivity index (χ2v) is 6.57. The van der Waals surface area contributed by atoms with Gasteiger partial charge in [-0.25, -0.2) is 4.98 Å². The average Bonchev–Trinajstić information content (AvgIpc) is 2.45. The normalized spacial score (nSPS) is 12.0. The summed E-state index contributed by atoms with van der Waals surface area (Å²) in [5, 5.41) is 0. The Kier molecular flexibility index (Phi) is 4.93. The van der Waals surface area contributed by atoms with Crippen molar-refractivity contribution in [2.75, 3.05) is 13.2 Å². The number of fused-ring (bicyclic) bond motifs is 1. The summed E-state index contributed by atoms with van der Waals surface area (Å²) >= 11 is 0. The van der Waals surface area contributed by atoms with Crippen LogP contribution in [0.15, 0.2) is 29.1 Å². The van der Waals surface area contributed by atoms with E-state index in [1.54, 1.807) is 20.9 Å². The molecule has 0 saturated carbocycles. The first-order valence-corrected chi connectivity index (χ1v) is 8.56. The Balaban J connectivity index is 2.49. The minimum absolute atomic E-state index is 0.119. The van der Waals surface area contributed by atoms with E-state index in [-0.39, 0.29) is 30.6 Å². The molecule has 6 nitrogen and oxygen atoms in total. The highest BCUT2D eigenvalue weighted by atomic mass is 31.2. The molecule has 0 N–H and O–H groups in total. The lowest BCUT2D eigenvalue weighted by atomic mass is 10.3. The second kappa shape index (κ2) is 6.52. The topological polar surface area (TPSA) is 70.4 Å². The van der Waals surface area contributed by atoms with Gasteiger partial charge in [-0.2, -0.15) is 0 Å². The van der Waals surface area contributed by atoms with Crippen LogP contribution in [0.3, 0.4) is 0 Å². The van der Waals surface area contributed by atoms with Crippen LogP contribution in [0.1, 0.15) is 19.5 Å². The van der Waals surface area contributed by atoms with E-state index in [9.17, 15) is 9.36 Å². The minimum Gasteiger partial charge on any atom is -0.309 e. The smallest absolute Gasteiger partial charge is 0.309 e. The Bertz CT molecular complexity index is 731. The van der Waals surface area contributed by atoms with Crippen molar-refractivity contribution < 1.29 is 13.6 Å². The number of hydrogen-bond donors (Lipinski definition) is 0. The van der Waals surface area contributed by atoms with Crippen molar-refractivity contribution in [2.45, 2.75) is 20.0 Å². The fourth-order valence-corrected chi connectivity index (χ4v) is 3.76. The van der Waals surface area contributed by atoms with Crippen molar-refractivity contribution in [1.29, 1.82) is 0 Å². The quantitative estimate of drug-likeness (QED) is 0.767. The second-order valence-electron chi connectivity index (χ2n) is 4.52. The third-order valence-electron chi connectivity index (χ3n) is 3.05. The van der Waals surface area contributed by atoms with E-state index in [2.05, 4.69) is 4.98 Å². The average molecular weight is 310 g/mol. The summed E-state index contributed by atoms with van der Waals surface area (Å²) in [6, 6.07) is 7.31. The lowest BCUT2D eigenvalue weighted by Gasteiger charge is -2.17. The number of hydrogen-bond acceptors (Lipinski definition) is 5. The maximum atomic E-state index is 12.5. The van der Waals surface area contributed by atoms with Gasteiger partial charge in [0.15, 0.2) is 0 Å². The van der Waals surface area contributed by atoms with Gasteiger partial charge in [0.25, 0.3) is 5.56 Å². The van der Waals surface area contributed by atoms with Crippen molar-refractivity contribution >= 4 is 18.6 Å². The van der Waals surface area contributed by atoms with E-state index in [0.29, 0.717) is 5.52 Å². The zero-order chi connectivity index (χ0) is 15.5. The molecule has 114 valence electrons. The Hall–Kier alpha value is -1.49. The first kappa shape index (κ1) is 15.9. The van der Waals surface area contributed by atoms with Gasteiger partial charge >= 0.3 is 7.60 Å². The SMILES string of the molecule is CCOP(=O)(Cc1nc2ccccc2n(C)c1=O)OCC. The van der Waals surface area contributed by atoms with Crippen LogP contribution in [-0.2, 0) is 26.8 Å². The number of nitrogens with zero attached hydrogens (tertiary/aromatic N) is 2. The zero-order valence-corrected chi connectivity index (χ0v) is 13.3. The Morgan fingerprint density at radius 3 is 2.43 bits per heavy atom. The third-order valence-corrected chi connectivity index (χ3v) is 5.04. The molecule has 0 fully saturated rings. The van der Waals surface area contributed by atoms with Crippen LogP contribution in [-0.4, -0.2) is 22.8 Å². The van der Waals surface area contributed by atoms with Crippen LogP contribution >= 0.6 is 7.60 Å². The molecule has 0 atom stereocenters. The monoisotopic (exact) mass is 310 g/mol. The van der Waals surface area contributed by atoms with Crippen LogP contribution in [0.4, 0.5) is 0 Å². The van der Waals surface area contributed by atoms with Gasteiger partial charge in [-0.3, -0.25) is 9.36 Å². The van der Waals surface area contributed by atoms with E-state index in [1.807, 2.05) is 24.3 Å². The van der Waals surface area contributed by atoms with Crippen molar-refractivity contribution in [3.63, 3.8) is 0 Å². The molecule has 2 aromatic rings. The molecule has 21 heavy (non-hydrogen) atoms. The molecule has 0 unspecified atom stereocenters. The van der Waals surface area contributed by atoms with E-state index < -0.39 is 7.60 Å². The van der Waals surface area contributed by atoms with Gasteiger partial charge in [0, 0.05) is 7.05 Å². The number of rotatable bonds is 6. The van der Waals surface area contributed by atoms with Crippen LogP contribution in [0.5, 0.6) is 0 Å². The molecule has 2 rings (SSSR count). The summed E-state index contributed by atoms with van der Waals surface area (Å²) in [4.78, 5) is 16.7. The van der Waals surface area contributed by atoms with Crippen LogP contribution in [0.25, 0.3) is 11.0 Å². The van der Waals surface area contributed by atoms with Gasteiger partial charge in [0.2, 0.25) is 0 Å². The molecule has 0 bridgehead atoms. The summed E-state index contributed by atoms with van der Waals surface area (Å²) in [5.74, 6) is 0. The van der Waals surface area contributed by atoms with E-state index >= 15 is 0 Å². The van der Waals surface area contributed by atoms with E-state index in [1.165, 1.54) is 4.57 Å². The molecular formula is C14H19N2O4P. The molecule has 1 aromatic carbocycles. The molecular weight excluding hydrogens is 291 g/mol. The molecule has 0 radical (unpaired) electrons. The first-order valence-electron chi connectivity index (χ1n) is 6.83. The van der Waals surface area contributed by atoms with Crippen molar-refractivity contribution in [1.82, 2.24) is 9.55 Å². The largest absolute Gasteiger partial charge is 0.336 e. The third kappa shape index (κ3) is 3.40. The molecule has 0 amide bonds. The highest BCUT2D eigenvalue weighted by Gasteiger charge is 2.27. The summed E-state index contributed by atoms with van der Waals surface area (Å²) < 4.78 is 24.5. The standard InChI is InChI=1S/C14H19N2O4P/c1-4-19-21(18,20-5-2)10-12-14(17)16(3)13-9-7-6-8-11(13)15-12/h6-9H,4-5,10H2,1-3H3. The lowest BCUT2D eigenvalue weighted by molar-refractivity contribution is 0.219. The minimum atomic E-state index is -3.34. The maximum absolute atomic E-state index is 12.5. The number of aromatic nitrogens is 2. The first-order chi connectivity index (χ1) is 10.0. The predicted octanol–water partition coefficient (Wildman–Crippen LogP) is 2.70. The van der Waals surface area contributed by atoms with E-state index in [4.69, 9.17) is 9.05 Å². The van der Waals surface area contributed by atoms with Crippen LogP contribution in [0.2, 0.25) is 0 Å². The lowest BCUT2D eigenvalue weighted by Crippen LogP contribution is -2.23. The van der Waals surface area contributed by atoms with Gasteiger partial charge in [-0.1, -0.05) is 12.1 Å². The molecule has 0 aliphatic rings. The molecule has 1 heterocycles. The molecule has 0 saturated heterocycles.